The third-order valence-electron chi connectivity index (χ3n) is 2.13. The van der Waals surface area contributed by atoms with Gasteiger partial charge in [0.15, 0.2) is 6.29 Å². The van der Waals surface area contributed by atoms with Crippen LogP contribution in [0.25, 0.3) is 0 Å². The Balaban J connectivity index is 2.49. The molecule has 1 aliphatic rings. The van der Waals surface area contributed by atoms with Crippen molar-refractivity contribution in [2.24, 2.45) is 7.05 Å². The third kappa shape index (κ3) is 1.05. The molecule has 12 heavy (non-hydrogen) atoms. The summed E-state index contributed by atoms with van der Waals surface area (Å²) in [6, 6.07) is 0. The fourth-order valence-electron chi connectivity index (χ4n) is 1.28. The number of carbonyl (C=O) groups excluding carboxylic acids is 1. The molecule has 2 rings (SSSR count). The Kier molecular flexibility index (Phi) is 1.68. The molecule has 0 unspecified atom stereocenters. The van der Waals surface area contributed by atoms with Gasteiger partial charge in [-0.25, -0.2) is 0 Å². The predicted molar refractivity (Wildman–Crippen MR) is 45.6 cm³/mol. The third-order valence-corrected chi connectivity index (χ3v) is 2.52. The van der Waals surface area contributed by atoms with Gasteiger partial charge in [-0.1, -0.05) is 11.6 Å². The molecule has 1 saturated carbocycles. The van der Waals surface area contributed by atoms with Gasteiger partial charge in [-0.3, -0.25) is 9.48 Å². The van der Waals surface area contributed by atoms with Crippen molar-refractivity contribution in [1.29, 1.82) is 0 Å². The van der Waals surface area contributed by atoms with Gasteiger partial charge >= 0.3 is 0 Å². The van der Waals surface area contributed by atoms with Crippen LogP contribution in [-0.2, 0) is 7.05 Å². The lowest BCUT2D eigenvalue weighted by atomic mass is 10.3. The Morgan fingerprint density at radius 3 is 2.75 bits per heavy atom. The van der Waals surface area contributed by atoms with Crippen LogP contribution in [-0.4, -0.2) is 16.1 Å². The van der Waals surface area contributed by atoms with E-state index in [9.17, 15) is 4.79 Å². The number of hydrogen-bond donors (Lipinski definition) is 0. The van der Waals surface area contributed by atoms with E-state index in [1.807, 2.05) is 0 Å². The van der Waals surface area contributed by atoms with Crippen molar-refractivity contribution < 1.29 is 4.79 Å². The Hall–Kier alpha value is -0.830. The van der Waals surface area contributed by atoms with Gasteiger partial charge in [0.25, 0.3) is 0 Å². The van der Waals surface area contributed by atoms with Gasteiger partial charge in [-0.15, -0.1) is 0 Å². The highest BCUT2D eigenvalue weighted by atomic mass is 35.5. The van der Waals surface area contributed by atoms with Crippen LogP contribution in [0.15, 0.2) is 0 Å². The molecule has 64 valence electrons. The van der Waals surface area contributed by atoms with Crippen molar-refractivity contribution in [2.45, 2.75) is 18.8 Å². The molecule has 1 fully saturated rings. The fraction of sp³-hybridized carbons (Fsp3) is 0.500. The first-order valence-corrected chi connectivity index (χ1v) is 4.29. The number of aryl methyl sites for hydroxylation is 1. The molecule has 0 spiro atoms. The summed E-state index contributed by atoms with van der Waals surface area (Å²) in [7, 11) is 1.74. The molecule has 0 bridgehead atoms. The topological polar surface area (TPSA) is 34.9 Å². The van der Waals surface area contributed by atoms with Crippen molar-refractivity contribution >= 4 is 17.9 Å². The van der Waals surface area contributed by atoms with Crippen molar-refractivity contribution in [3.05, 3.63) is 16.4 Å². The van der Waals surface area contributed by atoms with Crippen molar-refractivity contribution in [2.75, 3.05) is 0 Å². The SMILES string of the molecule is Cn1nc(C2CC2)c(Cl)c1C=O. The molecule has 0 saturated heterocycles. The van der Waals surface area contributed by atoms with Crippen molar-refractivity contribution in [1.82, 2.24) is 9.78 Å². The van der Waals surface area contributed by atoms with E-state index in [0.717, 1.165) is 24.8 Å². The maximum Gasteiger partial charge on any atom is 0.169 e. The second kappa shape index (κ2) is 2.59. The van der Waals surface area contributed by atoms with E-state index in [2.05, 4.69) is 5.10 Å². The second-order valence-corrected chi connectivity index (χ2v) is 3.48. The van der Waals surface area contributed by atoms with Crippen LogP contribution >= 0.6 is 11.6 Å². The average molecular weight is 185 g/mol. The zero-order valence-corrected chi connectivity index (χ0v) is 7.51. The van der Waals surface area contributed by atoms with Crippen LogP contribution in [0.2, 0.25) is 5.02 Å². The zero-order chi connectivity index (χ0) is 8.72. The van der Waals surface area contributed by atoms with Crippen LogP contribution in [0, 0.1) is 0 Å². The lowest BCUT2D eigenvalue weighted by Gasteiger charge is -1.88. The molecule has 0 amide bonds. The van der Waals surface area contributed by atoms with Crippen molar-refractivity contribution in [3.63, 3.8) is 0 Å². The molecule has 0 atom stereocenters. The molecule has 1 aromatic heterocycles. The highest BCUT2D eigenvalue weighted by molar-refractivity contribution is 6.33. The Labute approximate surface area is 75.3 Å². The highest BCUT2D eigenvalue weighted by Gasteiger charge is 2.30. The first-order chi connectivity index (χ1) is 5.74. The number of carbonyl (C=O) groups is 1. The van der Waals surface area contributed by atoms with E-state index in [4.69, 9.17) is 11.6 Å². The summed E-state index contributed by atoms with van der Waals surface area (Å²) < 4.78 is 1.54. The van der Waals surface area contributed by atoms with E-state index >= 15 is 0 Å². The summed E-state index contributed by atoms with van der Waals surface area (Å²) in [5.41, 5.74) is 1.37. The van der Waals surface area contributed by atoms with Gasteiger partial charge in [0.2, 0.25) is 0 Å². The van der Waals surface area contributed by atoms with Gasteiger partial charge in [0.1, 0.15) is 5.69 Å². The van der Waals surface area contributed by atoms with E-state index in [1.54, 1.807) is 11.7 Å². The van der Waals surface area contributed by atoms with E-state index in [-0.39, 0.29) is 0 Å². The summed E-state index contributed by atoms with van der Waals surface area (Å²) in [6.07, 6.45) is 3.05. The quantitative estimate of drug-likeness (QED) is 0.657. The van der Waals surface area contributed by atoms with Crippen LogP contribution in [0.4, 0.5) is 0 Å². The molecule has 0 N–H and O–H groups in total. The minimum atomic E-state index is 0.485. The minimum absolute atomic E-state index is 0.485. The molecular formula is C8H9ClN2O. The molecule has 3 nitrogen and oxygen atoms in total. The monoisotopic (exact) mass is 184 g/mol. The minimum Gasteiger partial charge on any atom is -0.296 e. The molecule has 0 aromatic carbocycles. The van der Waals surface area contributed by atoms with Gasteiger partial charge in [0.05, 0.1) is 10.7 Å². The Bertz CT molecular complexity index is 328. The normalized spacial score (nSPS) is 16.5. The average Bonchev–Trinajstić information content (AvgIpc) is 2.80. The van der Waals surface area contributed by atoms with Crippen LogP contribution in [0.5, 0.6) is 0 Å². The second-order valence-electron chi connectivity index (χ2n) is 3.10. The lowest BCUT2D eigenvalue weighted by molar-refractivity contribution is 0.111. The standard InChI is InChI=1S/C8H9ClN2O/c1-11-6(4-12)7(9)8(10-11)5-2-3-5/h4-5H,2-3H2,1H3. The molecule has 0 radical (unpaired) electrons. The molecule has 4 heteroatoms. The smallest absolute Gasteiger partial charge is 0.169 e. The van der Waals surface area contributed by atoms with Crippen molar-refractivity contribution in [3.8, 4) is 0 Å². The summed E-state index contributed by atoms with van der Waals surface area (Å²) in [4.78, 5) is 10.6. The largest absolute Gasteiger partial charge is 0.296 e. The van der Waals surface area contributed by atoms with E-state index in [1.165, 1.54) is 0 Å². The summed E-state index contributed by atoms with van der Waals surface area (Å²) in [5, 5.41) is 4.73. The number of rotatable bonds is 2. The van der Waals surface area contributed by atoms with E-state index < -0.39 is 0 Å². The molecule has 1 heterocycles. The predicted octanol–water partition coefficient (Wildman–Crippen LogP) is 1.76. The van der Waals surface area contributed by atoms with Gasteiger partial charge in [-0.2, -0.15) is 5.10 Å². The number of halogens is 1. The first-order valence-electron chi connectivity index (χ1n) is 3.91. The van der Waals surface area contributed by atoms with Gasteiger partial charge in [-0.05, 0) is 12.8 Å². The number of aldehydes is 1. The maximum atomic E-state index is 10.6. The summed E-state index contributed by atoms with van der Waals surface area (Å²) in [6.45, 7) is 0. The van der Waals surface area contributed by atoms with Gasteiger partial charge in [0, 0.05) is 13.0 Å². The fourth-order valence-corrected chi connectivity index (χ4v) is 1.64. The van der Waals surface area contributed by atoms with Gasteiger partial charge < -0.3 is 0 Å². The molecule has 0 aliphatic heterocycles. The van der Waals surface area contributed by atoms with Crippen LogP contribution in [0.3, 0.4) is 0 Å². The molecule has 1 aliphatic carbocycles. The van der Waals surface area contributed by atoms with Crippen LogP contribution < -0.4 is 0 Å². The zero-order valence-electron chi connectivity index (χ0n) is 6.75. The Morgan fingerprint density at radius 1 is 1.67 bits per heavy atom. The van der Waals surface area contributed by atoms with Crippen LogP contribution in [0.1, 0.15) is 34.9 Å². The number of aromatic nitrogens is 2. The lowest BCUT2D eigenvalue weighted by Crippen LogP contribution is -1.96. The van der Waals surface area contributed by atoms with E-state index in [0.29, 0.717) is 16.6 Å². The molecular weight excluding hydrogens is 176 g/mol. The maximum absolute atomic E-state index is 10.6. The Morgan fingerprint density at radius 2 is 2.33 bits per heavy atom. The summed E-state index contributed by atoms with van der Waals surface area (Å²) >= 11 is 5.95. The highest BCUT2D eigenvalue weighted by Crippen LogP contribution is 2.42. The molecule has 1 aromatic rings. The first kappa shape index (κ1) is 7.80. The number of hydrogen-bond acceptors (Lipinski definition) is 2. The summed E-state index contributed by atoms with van der Waals surface area (Å²) in [5.74, 6) is 0.498. The number of nitrogens with zero attached hydrogens (tertiary/aromatic N) is 2.